The smallest absolute Gasteiger partial charge is 0.325 e. The lowest BCUT2D eigenvalue weighted by atomic mass is 10.1. The summed E-state index contributed by atoms with van der Waals surface area (Å²) in [7, 11) is 0. The molecule has 5 heteroatoms. The number of aromatic nitrogens is 1. The second kappa shape index (κ2) is 3.36. The number of nitrogens with zero attached hydrogens (tertiary/aromatic N) is 1. The van der Waals surface area contributed by atoms with Crippen molar-refractivity contribution in [3.8, 4) is 0 Å². The van der Waals surface area contributed by atoms with Gasteiger partial charge in [0.05, 0.1) is 15.7 Å². The van der Waals surface area contributed by atoms with Gasteiger partial charge in [-0.25, -0.2) is 4.98 Å². The highest BCUT2D eigenvalue weighted by Gasteiger charge is 2.14. The third kappa shape index (κ3) is 1.47. The van der Waals surface area contributed by atoms with Crippen molar-refractivity contribution in [1.29, 1.82) is 0 Å². The molecule has 0 unspecified atom stereocenters. The van der Waals surface area contributed by atoms with E-state index in [1.54, 1.807) is 23.7 Å². The van der Waals surface area contributed by atoms with Gasteiger partial charge in [-0.2, -0.15) is 0 Å². The fraction of sp³-hybridized carbons (Fsp3) is 0.111. The maximum absolute atomic E-state index is 10.6. The Labute approximate surface area is 84.0 Å². The van der Waals surface area contributed by atoms with Gasteiger partial charge in [-0.3, -0.25) is 4.79 Å². The van der Waals surface area contributed by atoms with Crippen LogP contribution in [-0.4, -0.2) is 16.1 Å². The predicted molar refractivity (Wildman–Crippen MR) is 54.2 cm³/mol. The van der Waals surface area contributed by atoms with E-state index in [9.17, 15) is 4.79 Å². The van der Waals surface area contributed by atoms with Gasteiger partial charge < -0.3 is 10.8 Å². The highest BCUT2D eigenvalue weighted by Crippen LogP contribution is 2.21. The molecule has 0 fully saturated rings. The number of rotatable bonds is 2. The van der Waals surface area contributed by atoms with Crippen molar-refractivity contribution in [3.05, 3.63) is 29.3 Å². The molecule has 14 heavy (non-hydrogen) atoms. The Hall–Kier alpha value is -1.46. The van der Waals surface area contributed by atoms with E-state index in [2.05, 4.69) is 4.98 Å². The lowest BCUT2D eigenvalue weighted by Crippen LogP contribution is -2.20. The molecule has 0 amide bonds. The van der Waals surface area contributed by atoms with E-state index in [1.165, 1.54) is 11.3 Å². The Kier molecular flexibility index (Phi) is 2.18. The first-order valence-electron chi connectivity index (χ1n) is 4.00. The summed E-state index contributed by atoms with van der Waals surface area (Å²) < 4.78 is 0.958. The molecule has 2 aromatic rings. The summed E-state index contributed by atoms with van der Waals surface area (Å²) in [6, 6.07) is 4.29. The van der Waals surface area contributed by atoms with Gasteiger partial charge >= 0.3 is 5.97 Å². The summed E-state index contributed by atoms with van der Waals surface area (Å²) in [5, 5.41) is 8.72. The van der Waals surface area contributed by atoms with Gasteiger partial charge in [0, 0.05) is 0 Å². The van der Waals surface area contributed by atoms with Crippen LogP contribution in [0.15, 0.2) is 23.7 Å². The molecule has 1 heterocycles. The van der Waals surface area contributed by atoms with Gasteiger partial charge in [0.15, 0.2) is 0 Å². The van der Waals surface area contributed by atoms with Crippen LogP contribution < -0.4 is 5.73 Å². The summed E-state index contributed by atoms with van der Waals surface area (Å²) in [6.07, 6.45) is 0. The Balaban J connectivity index is 2.48. The molecule has 1 aromatic heterocycles. The number of thiazole rings is 1. The number of benzene rings is 1. The zero-order valence-corrected chi connectivity index (χ0v) is 7.99. The monoisotopic (exact) mass is 208 g/mol. The number of fused-ring (bicyclic) bond motifs is 1. The van der Waals surface area contributed by atoms with E-state index < -0.39 is 12.0 Å². The fourth-order valence-corrected chi connectivity index (χ4v) is 1.93. The molecule has 0 spiro atoms. The fourth-order valence-electron chi connectivity index (χ4n) is 1.21. The van der Waals surface area contributed by atoms with Crippen molar-refractivity contribution in [1.82, 2.24) is 4.98 Å². The Morgan fingerprint density at radius 3 is 3.07 bits per heavy atom. The SMILES string of the molecule is N[C@H](C(=O)O)c1ccc2ncsc2c1. The zero-order chi connectivity index (χ0) is 10.1. The van der Waals surface area contributed by atoms with Crippen LogP contribution in [0.2, 0.25) is 0 Å². The molecule has 3 N–H and O–H groups in total. The average molecular weight is 208 g/mol. The van der Waals surface area contributed by atoms with Crippen LogP contribution in [0.3, 0.4) is 0 Å². The summed E-state index contributed by atoms with van der Waals surface area (Å²) in [6.45, 7) is 0. The van der Waals surface area contributed by atoms with E-state index in [-0.39, 0.29) is 0 Å². The minimum atomic E-state index is -1.02. The Morgan fingerprint density at radius 1 is 1.57 bits per heavy atom. The van der Waals surface area contributed by atoms with Gasteiger partial charge in [-0.15, -0.1) is 11.3 Å². The average Bonchev–Trinajstić information content (AvgIpc) is 2.62. The van der Waals surface area contributed by atoms with Crippen LogP contribution in [0.1, 0.15) is 11.6 Å². The molecule has 0 aliphatic carbocycles. The first kappa shape index (κ1) is 9.11. The third-order valence-corrected chi connectivity index (χ3v) is 2.77. The van der Waals surface area contributed by atoms with Crippen LogP contribution in [0.5, 0.6) is 0 Å². The molecule has 72 valence electrons. The van der Waals surface area contributed by atoms with Crippen molar-refractivity contribution in [2.45, 2.75) is 6.04 Å². The number of carboxylic acids is 1. The number of carboxylic acid groups (broad SMARTS) is 1. The molecule has 1 atom stereocenters. The largest absolute Gasteiger partial charge is 0.480 e. The summed E-state index contributed by atoms with van der Waals surface area (Å²) in [4.78, 5) is 14.7. The predicted octanol–water partition coefficient (Wildman–Crippen LogP) is 1.38. The molecule has 0 saturated carbocycles. The summed E-state index contributed by atoms with van der Waals surface area (Å²) in [5.41, 5.74) is 8.68. The van der Waals surface area contributed by atoms with Crippen molar-refractivity contribution in [2.75, 3.05) is 0 Å². The molecular formula is C9H8N2O2S. The lowest BCUT2D eigenvalue weighted by molar-refractivity contribution is -0.138. The number of carbonyl (C=O) groups is 1. The first-order chi connectivity index (χ1) is 6.68. The van der Waals surface area contributed by atoms with Gasteiger partial charge in [0.1, 0.15) is 6.04 Å². The maximum atomic E-state index is 10.6. The van der Waals surface area contributed by atoms with E-state index in [0.29, 0.717) is 5.56 Å². The van der Waals surface area contributed by atoms with Crippen LogP contribution in [0.25, 0.3) is 10.2 Å². The number of hydrogen-bond acceptors (Lipinski definition) is 4. The van der Waals surface area contributed by atoms with Gasteiger partial charge in [-0.1, -0.05) is 6.07 Å². The Morgan fingerprint density at radius 2 is 2.36 bits per heavy atom. The van der Waals surface area contributed by atoms with Crippen LogP contribution in [0.4, 0.5) is 0 Å². The van der Waals surface area contributed by atoms with E-state index in [4.69, 9.17) is 10.8 Å². The van der Waals surface area contributed by atoms with Crippen molar-refractivity contribution >= 4 is 27.5 Å². The molecule has 0 saturated heterocycles. The van der Waals surface area contributed by atoms with Gasteiger partial charge in [0.2, 0.25) is 0 Å². The molecule has 4 nitrogen and oxygen atoms in total. The Bertz CT molecular complexity index is 480. The van der Waals surface area contributed by atoms with E-state index in [0.717, 1.165) is 10.2 Å². The maximum Gasteiger partial charge on any atom is 0.325 e. The van der Waals surface area contributed by atoms with Crippen LogP contribution in [0, 0.1) is 0 Å². The molecule has 0 radical (unpaired) electrons. The minimum absolute atomic E-state index is 0.606. The number of aliphatic carboxylic acids is 1. The van der Waals surface area contributed by atoms with Crippen LogP contribution in [-0.2, 0) is 4.79 Å². The van der Waals surface area contributed by atoms with Crippen molar-refractivity contribution in [3.63, 3.8) is 0 Å². The molecule has 2 rings (SSSR count). The molecule has 0 bridgehead atoms. The zero-order valence-electron chi connectivity index (χ0n) is 7.18. The highest BCUT2D eigenvalue weighted by atomic mass is 32.1. The second-order valence-corrected chi connectivity index (χ2v) is 3.78. The molecule has 0 aliphatic rings. The number of hydrogen-bond donors (Lipinski definition) is 2. The van der Waals surface area contributed by atoms with E-state index >= 15 is 0 Å². The lowest BCUT2D eigenvalue weighted by Gasteiger charge is -2.05. The second-order valence-electron chi connectivity index (χ2n) is 2.90. The first-order valence-corrected chi connectivity index (χ1v) is 4.88. The summed E-state index contributed by atoms with van der Waals surface area (Å²) in [5.74, 6) is -1.02. The van der Waals surface area contributed by atoms with Gasteiger partial charge in [-0.05, 0) is 17.7 Å². The van der Waals surface area contributed by atoms with Crippen molar-refractivity contribution < 1.29 is 9.90 Å². The summed E-state index contributed by atoms with van der Waals surface area (Å²) >= 11 is 1.47. The third-order valence-electron chi connectivity index (χ3n) is 1.98. The number of nitrogens with two attached hydrogens (primary N) is 1. The molecular weight excluding hydrogens is 200 g/mol. The minimum Gasteiger partial charge on any atom is -0.480 e. The van der Waals surface area contributed by atoms with Crippen LogP contribution >= 0.6 is 11.3 Å². The van der Waals surface area contributed by atoms with E-state index in [1.807, 2.05) is 0 Å². The normalized spacial score (nSPS) is 12.9. The topological polar surface area (TPSA) is 76.2 Å². The highest BCUT2D eigenvalue weighted by molar-refractivity contribution is 7.16. The standard InChI is InChI=1S/C9H8N2O2S/c10-8(9(12)13)5-1-2-6-7(3-5)14-4-11-6/h1-4,8H,10H2,(H,12,13)/t8-/m0/s1. The van der Waals surface area contributed by atoms with Gasteiger partial charge in [0.25, 0.3) is 0 Å². The van der Waals surface area contributed by atoms with Crippen molar-refractivity contribution in [2.24, 2.45) is 5.73 Å². The molecule has 0 aliphatic heterocycles. The quantitative estimate of drug-likeness (QED) is 0.781. The molecule has 1 aromatic carbocycles.